The van der Waals surface area contributed by atoms with Crippen molar-refractivity contribution in [1.82, 2.24) is 0 Å². The van der Waals surface area contributed by atoms with Crippen LogP contribution >= 0.6 is 0 Å². The van der Waals surface area contributed by atoms with E-state index >= 15 is 0 Å². The fraction of sp³-hybridized carbons (Fsp3) is 1.00. The average molecular weight is 252 g/mol. The van der Waals surface area contributed by atoms with Crippen molar-refractivity contribution in [2.45, 2.75) is 80.1 Å². The Bertz CT molecular complexity index is 220. The van der Waals surface area contributed by atoms with Gasteiger partial charge in [0.15, 0.2) is 0 Å². The van der Waals surface area contributed by atoms with Crippen LogP contribution in [0.15, 0.2) is 0 Å². The van der Waals surface area contributed by atoms with Gasteiger partial charge in [0, 0.05) is 0 Å². The summed E-state index contributed by atoms with van der Waals surface area (Å²) in [5.41, 5.74) is 0. The van der Waals surface area contributed by atoms with Gasteiger partial charge < -0.3 is 0 Å². The Morgan fingerprint density at radius 3 is 1.44 bits per heavy atom. The largest absolute Gasteiger partial charge is 0.0651 e. The molecule has 1 saturated carbocycles. The van der Waals surface area contributed by atoms with Gasteiger partial charge >= 0.3 is 0 Å². The molecular formula is C18H36. The van der Waals surface area contributed by atoms with Crippen LogP contribution in [0.5, 0.6) is 0 Å². The Morgan fingerprint density at radius 2 is 1.00 bits per heavy atom. The van der Waals surface area contributed by atoms with Crippen molar-refractivity contribution in [1.29, 1.82) is 0 Å². The molecule has 0 aliphatic heterocycles. The van der Waals surface area contributed by atoms with E-state index < -0.39 is 0 Å². The van der Waals surface area contributed by atoms with E-state index in [0.29, 0.717) is 0 Å². The molecule has 0 saturated heterocycles. The highest BCUT2D eigenvalue weighted by Crippen LogP contribution is 2.35. The van der Waals surface area contributed by atoms with Gasteiger partial charge in [-0.05, 0) is 41.9 Å². The van der Waals surface area contributed by atoms with Crippen LogP contribution in [0.25, 0.3) is 0 Å². The van der Waals surface area contributed by atoms with Crippen molar-refractivity contribution in [3.8, 4) is 0 Å². The predicted molar refractivity (Wildman–Crippen MR) is 82.7 cm³/mol. The summed E-state index contributed by atoms with van der Waals surface area (Å²) in [6.45, 7) is 14.8. The predicted octanol–water partition coefficient (Wildman–Crippen LogP) is 6.16. The summed E-state index contributed by atoms with van der Waals surface area (Å²) in [6, 6.07) is 0. The minimum atomic E-state index is 0.915. The van der Waals surface area contributed by atoms with Crippen molar-refractivity contribution < 1.29 is 0 Å². The topological polar surface area (TPSA) is 0 Å². The minimum Gasteiger partial charge on any atom is -0.0651 e. The van der Waals surface area contributed by atoms with E-state index in [1.807, 2.05) is 0 Å². The van der Waals surface area contributed by atoms with Crippen LogP contribution in [0.3, 0.4) is 0 Å². The molecule has 0 amide bonds. The Balaban J connectivity index is 2.71. The van der Waals surface area contributed by atoms with E-state index in [-0.39, 0.29) is 0 Å². The maximum Gasteiger partial charge on any atom is -0.0388 e. The van der Waals surface area contributed by atoms with E-state index in [2.05, 4.69) is 41.5 Å². The second-order valence-corrected chi connectivity index (χ2v) is 7.45. The molecule has 0 nitrogen and oxygen atoms in total. The highest BCUT2D eigenvalue weighted by atomic mass is 14.3. The third-order valence-corrected chi connectivity index (χ3v) is 6.10. The van der Waals surface area contributed by atoms with Crippen LogP contribution in [-0.2, 0) is 0 Å². The van der Waals surface area contributed by atoms with Crippen molar-refractivity contribution in [3.63, 3.8) is 0 Å². The van der Waals surface area contributed by atoms with Crippen LogP contribution in [-0.4, -0.2) is 0 Å². The molecule has 6 atom stereocenters. The Morgan fingerprint density at radius 1 is 0.611 bits per heavy atom. The SMILES string of the molecule is CCC1CC(C)C(C)CCC(C)C(C)CCC1C. The lowest BCUT2D eigenvalue weighted by atomic mass is 9.78. The first-order valence-electron chi connectivity index (χ1n) is 8.45. The summed E-state index contributed by atoms with van der Waals surface area (Å²) in [4.78, 5) is 0. The summed E-state index contributed by atoms with van der Waals surface area (Å²) >= 11 is 0. The molecule has 0 aromatic heterocycles. The summed E-state index contributed by atoms with van der Waals surface area (Å²) in [6.07, 6.45) is 8.62. The Kier molecular flexibility index (Phi) is 6.74. The highest BCUT2D eigenvalue weighted by molar-refractivity contribution is 4.75. The van der Waals surface area contributed by atoms with Crippen molar-refractivity contribution in [3.05, 3.63) is 0 Å². The molecule has 0 aromatic rings. The van der Waals surface area contributed by atoms with E-state index in [9.17, 15) is 0 Å². The van der Waals surface area contributed by atoms with E-state index in [1.165, 1.54) is 38.5 Å². The summed E-state index contributed by atoms with van der Waals surface area (Å²) in [5, 5.41) is 0. The Labute approximate surface area is 116 Å². The molecule has 0 radical (unpaired) electrons. The van der Waals surface area contributed by atoms with Gasteiger partial charge in [-0.3, -0.25) is 0 Å². The zero-order valence-electron chi connectivity index (χ0n) is 13.7. The minimum absolute atomic E-state index is 0.915. The molecule has 0 bridgehead atoms. The van der Waals surface area contributed by atoms with E-state index in [1.54, 1.807) is 0 Å². The second-order valence-electron chi connectivity index (χ2n) is 7.45. The molecule has 1 aliphatic carbocycles. The molecule has 0 heterocycles. The third kappa shape index (κ3) is 4.59. The lowest BCUT2D eigenvalue weighted by molar-refractivity contribution is 0.227. The lowest BCUT2D eigenvalue weighted by Crippen LogP contribution is -2.18. The summed E-state index contributed by atoms with van der Waals surface area (Å²) in [5.74, 6) is 5.56. The first-order valence-corrected chi connectivity index (χ1v) is 8.45. The zero-order valence-corrected chi connectivity index (χ0v) is 13.7. The van der Waals surface area contributed by atoms with Crippen molar-refractivity contribution in [2.24, 2.45) is 35.5 Å². The molecule has 1 aliphatic rings. The molecule has 6 unspecified atom stereocenters. The van der Waals surface area contributed by atoms with E-state index in [0.717, 1.165) is 35.5 Å². The molecule has 18 heavy (non-hydrogen) atoms. The molecule has 0 N–H and O–H groups in total. The van der Waals surface area contributed by atoms with Gasteiger partial charge in [-0.1, -0.05) is 73.6 Å². The molecule has 0 aromatic carbocycles. The van der Waals surface area contributed by atoms with E-state index in [4.69, 9.17) is 0 Å². The van der Waals surface area contributed by atoms with Gasteiger partial charge in [0.1, 0.15) is 0 Å². The molecule has 1 rings (SSSR count). The van der Waals surface area contributed by atoms with Gasteiger partial charge in [-0.25, -0.2) is 0 Å². The Hall–Kier alpha value is 0. The first-order chi connectivity index (χ1) is 8.45. The highest BCUT2D eigenvalue weighted by Gasteiger charge is 2.24. The summed E-state index contributed by atoms with van der Waals surface area (Å²) in [7, 11) is 0. The van der Waals surface area contributed by atoms with Gasteiger partial charge in [-0.2, -0.15) is 0 Å². The maximum absolute atomic E-state index is 2.50. The first kappa shape index (κ1) is 16.1. The number of rotatable bonds is 1. The fourth-order valence-electron chi connectivity index (χ4n) is 3.65. The quantitative estimate of drug-likeness (QED) is 0.524. The average Bonchev–Trinajstić information content (AvgIpc) is 2.38. The third-order valence-electron chi connectivity index (χ3n) is 6.10. The second kappa shape index (κ2) is 7.56. The van der Waals surface area contributed by atoms with Crippen molar-refractivity contribution in [2.75, 3.05) is 0 Å². The monoisotopic (exact) mass is 252 g/mol. The molecule has 108 valence electrons. The smallest absolute Gasteiger partial charge is 0.0388 e. The van der Waals surface area contributed by atoms with Gasteiger partial charge in [0.2, 0.25) is 0 Å². The zero-order chi connectivity index (χ0) is 13.7. The number of hydrogen-bond donors (Lipinski definition) is 0. The van der Waals surface area contributed by atoms with Gasteiger partial charge in [-0.15, -0.1) is 0 Å². The molecular weight excluding hydrogens is 216 g/mol. The van der Waals surface area contributed by atoms with Crippen molar-refractivity contribution >= 4 is 0 Å². The fourth-order valence-corrected chi connectivity index (χ4v) is 3.65. The summed E-state index contributed by atoms with van der Waals surface area (Å²) < 4.78 is 0. The maximum atomic E-state index is 2.50. The standard InChI is InChI=1S/C18H36/c1-7-18-12-17(6)15(4)9-8-13(2)14(3)10-11-16(18)5/h13-18H,7-12H2,1-6H3. The molecule has 0 heteroatoms. The number of hydrogen-bond acceptors (Lipinski definition) is 0. The molecule has 0 spiro atoms. The van der Waals surface area contributed by atoms with Gasteiger partial charge in [0.25, 0.3) is 0 Å². The molecule has 1 fully saturated rings. The van der Waals surface area contributed by atoms with Crippen LogP contribution in [0.4, 0.5) is 0 Å². The van der Waals surface area contributed by atoms with Crippen LogP contribution in [0.2, 0.25) is 0 Å². The van der Waals surface area contributed by atoms with Crippen LogP contribution < -0.4 is 0 Å². The van der Waals surface area contributed by atoms with Crippen LogP contribution in [0.1, 0.15) is 80.1 Å². The lowest BCUT2D eigenvalue weighted by Gasteiger charge is -2.28. The normalized spacial score (nSPS) is 44.3. The van der Waals surface area contributed by atoms with Crippen LogP contribution in [0, 0.1) is 35.5 Å². The van der Waals surface area contributed by atoms with Gasteiger partial charge in [0.05, 0.1) is 0 Å².